The molecule has 1 fully saturated rings. The van der Waals surface area contributed by atoms with Crippen molar-refractivity contribution in [2.75, 3.05) is 36.4 Å². The van der Waals surface area contributed by atoms with E-state index in [1.54, 1.807) is 12.4 Å². The lowest BCUT2D eigenvalue weighted by Gasteiger charge is -2.37. The molecule has 0 aliphatic carbocycles. The van der Waals surface area contributed by atoms with Crippen LogP contribution in [0.4, 0.5) is 11.6 Å². The van der Waals surface area contributed by atoms with Crippen LogP contribution in [-0.2, 0) is 4.79 Å². The van der Waals surface area contributed by atoms with Crippen molar-refractivity contribution in [3.63, 3.8) is 0 Å². The first kappa shape index (κ1) is 17.4. The van der Waals surface area contributed by atoms with Gasteiger partial charge in [-0.15, -0.1) is 0 Å². The van der Waals surface area contributed by atoms with Crippen molar-refractivity contribution in [1.29, 1.82) is 0 Å². The number of amides is 1. The Kier molecular flexibility index (Phi) is 4.98. The van der Waals surface area contributed by atoms with Crippen molar-refractivity contribution in [1.82, 2.24) is 14.9 Å². The average Bonchev–Trinajstić information content (AvgIpc) is 2.74. The molecule has 1 unspecified atom stereocenters. The highest BCUT2D eigenvalue weighted by molar-refractivity contribution is 5.97. The van der Waals surface area contributed by atoms with Gasteiger partial charge in [-0.2, -0.15) is 0 Å². The predicted molar refractivity (Wildman–Crippen MR) is 108 cm³/mol. The Morgan fingerprint density at radius 2 is 1.67 bits per heavy atom. The molecule has 6 nitrogen and oxygen atoms in total. The molecule has 1 amide bonds. The number of benzene rings is 2. The highest BCUT2D eigenvalue weighted by Gasteiger charge is 2.26. The van der Waals surface area contributed by atoms with Gasteiger partial charge < -0.3 is 10.2 Å². The van der Waals surface area contributed by atoms with Gasteiger partial charge in [0.25, 0.3) is 0 Å². The summed E-state index contributed by atoms with van der Waals surface area (Å²) in [6.45, 7) is 5.22. The van der Waals surface area contributed by atoms with Crippen molar-refractivity contribution in [3.8, 4) is 0 Å². The number of hydrogen-bond acceptors (Lipinski definition) is 5. The van der Waals surface area contributed by atoms with E-state index in [2.05, 4.69) is 37.2 Å². The van der Waals surface area contributed by atoms with Crippen LogP contribution >= 0.6 is 0 Å². The molecule has 4 rings (SSSR count). The molecule has 0 bridgehead atoms. The minimum absolute atomic E-state index is 0.0229. The van der Waals surface area contributed by atoms with Crippen molar-refractivity contribution in [2.45, 2.75) is 13.0 Å². The summed E-state index contributed by atoms with van der Waals surface area (Å²) < 4.78 is 0. The molecular weight excluding hydrogens is 338 g/mol. The normalized spacial score (nSPS) is 16.3. The SMILES string of the molecule is CC(C(=O)Nc1ccc2ccccc2c1)N1CCN(c2ncccn2)CC1. The highest BCUT2D eigenvalue weighted by atomic mass is 16.2. The quantitative estimate of drug-likeness (QED) is 0.774. The monoisotopic (exact) mass is 361 g/mol. The Balaban J connectivity index is 1.36. The Hall–Kier alpha value is -2.99. The molecule has 1 N–H and O–H groups in total. The van der Waals surface area contributed by atoms with Gasteiger partial charge in [-0.1, -0.05) is 30.3 Å². The van der Waals surface area contributed by atoms with Crippen LogP contribution in [0.25, 0.3) is 10.8 Å². The minimum atomic E-state index is -0.185. The maximum absolute atomic E-state index is 12.7. The van der Waals surface area contributed by atoms with Gasteiger partial charge in [0.2, 0.25) is 11.9 Å². The van der Waals surface area contributed by atoms with Crippen LogP contribution in [0.15, 0.2) is 60.9 Å². The molecule has 138 valence electrons. The van der Waals surface area contributed by atoms with E-state index < -0.39 is 0 Å². The fourth-order valence-corrected chi connectivity index (χ4v) is 3.44. The number of rotatable bonds is 4. The minimum Gasteiger partial charge on any atom is -0.338 e. The number of nitrogens with one attached hydrogen (secondary N) is 1. The molecule has 2 aromatic carbocycles. The first-order chi connectivity index (χ1) is 13.2. The fourth-order valence-electron chi connectivity index (χ4n) is 3.44. The zero-order valence-corrected chi connectivity index (χ0v) is 15.4. The van der Waals surface area contributed by atoms with Crippen LogP contribution in [0.3, 0.4) is 0 Å². The first-order valence-corrected chi connectivity index (χ1v) is 9.26. The molecule has 1 aliphatic heterocycles. The van der Waals surface area contributed by atoms with Gasteiger partial charge in [-0.3, -0.25) is 9.69 Å². The molecule has 3 aromatic rings. The van der Waals surface area contributed by atoms with Crippen molar-refractivity contribution in [2.24, 2.45) is 0 Å². The van der Waals surface area contributed by atoms with Gasteiger partial charge in [0.1, 0.15) is 0 Å². The van der Waals surface area contributed by atoms with E-state index in [9.17, 15) is 4.79 Å². The Morgan fingerprint density at radius 3 is 2.41 bits per heavy atom. The number of fused-ring (bicyclic) bond motifs is 1. The van der Waals surface area contributed by atoms with E-state index in [1.807, 2.05) is 43.3 Å². The number of carbonyl (C=O) groups excluding carboxylic acids is 1. The third-order valence-electron chi connectivity index (χ3n) is 5.09. The van der Waals surface area contributed by atoms with E-state index in [-0.39, 0.29) is 11.9 Å². The van der Waals surface area contributed by atoms with E-state index >= 15 is 0 Å². The van der Waals surface area contributed by atoms with Crippen LogP contribution in [-0.4, -0.2) is 53.0 Å². The second-order valence-electron chi connectivity index (χ2n) is 6.80. The maximum Gasteiger partial charge on any atom is 0.241 e. The second-order valence-corrected chi connectivity index (χ2v) is 6.80. The molecule has 2 heterocycles. The molecule has 1 saturated heterocycles. The molecule has 27 heavy (non-hydrogen) atoms. The number of piperazine rings is 1. The smallest absolute Gasteiger partial charge is 0.241 e. The van der Waals surface area contributed by atoms with E-state index in [0.717, 1.165) is 43.2 Å². The molecule has 0 saturated carbocycles. The lowest BCUT2D eigenvalue weighted by molar-refractivity contribution is -0.120. The largest absolute Gasteiger partial charge is 0.338 e. The van der Waals surface area contributed by atoms with Crippen molar-refractivity contribution in [3.05, 3.63) is 60.9 Å². The standard InChI is InChI=1S/C21H23N5O/c1-16(25-11-13-26(14-12-25)21-22-9-4-10-23-21)20(27)24-19-8-7-17-5-2-3-6-18(17)15-19/h2-10,15-16H,11-14H2,1H3,(H,24,27). The van der Waals surface area contributed by atoms with Gasteiger partial charge >= 0.3 is 0 Å². The number of hydrogen-bond donors (Lipinski definition) is 1. The molecule has 1 atom stereocenters. The second kappa shape index (κ2) is 7.72. The summed E-state index contributed by atoms with van der Waals surface area (Å²) in [6, 6.07) is 15.8. The summed E-state index contributed by atoms with van der Waals surface area (Å²) in [5.74, 6) is 0.778. The number of nitrogens with zero attached hydrogens (tertiary/aromatic N) is 4. The predicted octanol–water partition coefficient (Wildman–Crippen LogP) is 2.78. The molecule has 0 radical (unpaired) electrons. The van der Waals surface area contributed by atoms with E-state index in [0.29, 0.717) is 0 Å². The molecule has 1 aliphatic rings. The van der Waals surface area contributed by atoms with Crippen molar-refractivity contribution >= 4 is 28.3 Å². The molecular formula is C21H23N5O. The summed E-state index contributed by atoms with van der Waals surface area (Å²) in [5.41, 5.74) is 0.835. The number of anilines is 2. The summed E-state index contributed by atoms with van der Waals surface area (Å²) in [7, 11) is 0. The van der Waals surface area contributed by atoms with Gasteiger partial charge in [0.05, 0.1) is 6.04 Å². The van der Waals surface area contributed by atoms with Crippen LogP contribution in [0.5, 0.6) is 0 Å². The van der Waals surface area contributed by atoms with Gasteiger partial charge in [-0.05, 0) is 35.9 Å². The lowest BCUT2D eigenvalue weighted by Crippen LogP contribution is -2.53. The van der Waals surface area contributed by atoms with Crippen LogP contribution < -0.4 is 10.2 Å². The average molecular weight is 361 g/mol. The van der Waals surface area contributed by atoms with Crippen LogP contribution in [0.1, 0.15) is 6.92 Å². The fraction of sp³-hybridized carbons (Fsp3) is 0.286. The first-order valence-electron chi connectivity index (χ1n) is 9.26. The highest BCUT2D eigenvalue weighted by Crippen LogP contribution is 2.19. The Labute approximate surface area is 158 Å². The van der Waals surface area contributed by atoms with Gasteiger partial charge in [0, 0.05) is 44.3 Å². The van der Waals surface area contributed by atoms with E-state index in [4.69, 9.17) is 0 Å². The van der Waals surface area contributed by atoms with Gasteiger partial charge in [0.15, 0.2) is 0 Å². The number of carbonyl (C=O) groups is 1. The van der Waals surface area contributed by atoms with E-state index in [1.165, 1.54) is 5.39 Å². The summed E-state index contributed by atoms with van der Waals surface area (Å²) >= 11 is 0. The third kappa shape index (κ3) is 3.90. The van der Waals surface area contributed by atoms with Gasteiger partial charge in [-0.25, -0.2) is 9.97 Å². The lowest BCUT2D eigenvalue weighted by atomic mass is 10.1. The zero-order valence-electron chi connectivity index (χ0n) is 15.4. The van der Waals surface area contributed by atoms with Crippen molar-refractivity contribution < 1.29 is 4.79 Å². The summed E-state index contributed by atoms with van der Waals surface area (Å²) in [6.07, 6.45) is 3.52. The van der Waals surface area contributed by atoms with Crippen LogP contribution in [0, 0.1) is 0 Å². The summed E-state index contributed by atoms with van der Waals surface area (Å²) in [4.78, 5) is 25.7. The Bertz CT molecular complexity index is 922. The third-order valence-corrected chi connectivity index (χ3v) is 5.09. The Morgan fingerprint density at radius 1 is 0.963 bits per heavy atom. The topological polar surface area (TPSA) is 61.4 Å². The van der Waals surface area contributed by atoms with Crippen LogP contribution in [0.2, 0.25) is 0 Å². The zero-order chi connectivity index (χ0) is 18.6. The number of aromatic nitrogens is 2. The summed E-state index contributed by atoms with van der Waals surface area (Å²) in [5, 5.41) is 5.35. The molecule has 0 spiro atoms. The molecule has 6 heteroatoms. The maximum atomic E-state index is 12.7. The molecule has 1 aromatic heterocycles.